The summed E-state index contributed by atoms with van der Waals surface area (Å²) in [4.78, 5) is 14.7. The van der Waals surface area contributed by atoms with Crippen molar-refractivity contribution in [3.05, 3.63) is 64.0 Å². The van der Waals surface area contributed by atoms with E-state index in [1.54, 1.807) is 18.2 Å². The molecule has 1 heterocycles. The molecule has 0 unspecified atom stereocenters. The van der Waals surface area contributed by atoms with Gasteiger partial charge in [0.1, 0.15) is 0 Å². The maximum absolute atomic E-state index is 10.9. The van der Waals surface area contributed by atoms with E-state index in [0.29, 0.717) is 30.3 Å². The maximum Gasteiger partial charge on any atom is 0.270 e. The van der Waals surface area contributed by atoms with E-state index in [4.69, 9.17) is 14.0 Å². The van der Waals surface area contributed by atoms with E-state index >= 15 is 0 Å². The van der Waals surface area contributed by atoms with Gasteiger partial charge < -0.3 is 14.0 Å². The zero-order valence-corrected chi connectivity index (χ0v) is 15.5. The summed E-state index contributed by atoms with van der Waals surface area (Å²) in [5.74, 6) is 1.92. The fourth-order valence-corrected chi connectivity index (χ4v) is 2.52. The summed E-state index contributed by atoms with van der Waals surface area (Å²) >= 11 is 0. The van der Waals surface area contributed by atoms with Crippen LogP contribution in [0.5, 0.6) is 11.5 Å². The molecule has 2 aromatic carbocycles. The van der Waals surface area contributed by atoms with Gasteiger partial charge in [-0.05, 0) is 37.6 Å². The molecule has 0 saturated carbocycles. The van der Waals surface area contributed by atoms with Crippen LogP contribution >= 0.6 is 0 Å². The zero-order chi connectivity index (χ0) is 19.9. The molecule has 144 valence electrons. The highest BCUT2D eigenvalue weighted by Crippen LogP contribution is 2.29. The molecule has 0 fully saturated rings. The Kier molecular flexibility index (Phi) is 6.01. The van der Waals surface area contributed by atoms with Gasteiger partial charge in [-0.1, -0.05) is 23.4 Å². The quantitative estimate of drug-likeness (QED) is 0.415. The zero-order valence-electron chi connectivity index (χ0n) is 15.5. The first-order chi connectivity index (χ1) is 13.6. The van der Waals surface area contributed by atoms with Gasteiger partial charge in [-0.25, -0.2) is 0 Å². The molecule has 0 N–H and O–H groups in total. The van der Waals surface area contributed by atoms with Gasteiger partial charge in [0.25, 0.3) is 11.6 Å². The van der Waals surface area contributed by atoms with Crippen LogP contribution in [0.15, 0.2) is 47.0 Å². The van der Waals surface area contributed by atoms with Crippen molar-refractivity contribution in [1.82, 2.24) is 10.1 Å². The molecule has 0 aliphatic carbocycles. The van der Waals surface area contributed by atoms with Crippen molar-refractivity contribution >= 4 is 17.8 Å². The average molecular weight is 381 g/mol. The Labute approximate surface area is 161 Å². The molecule has 0 saturated heterocycles. The second-order valence-electron chi connectivity index (χ2n) is 5.67. The summed E-state index contributed by atoms with van der Waals surface area (Å²) < 4.78 is 16.4. The fourth-order valence-electron chi connectivity index (χ4n) is 2.52. The predicted octanol–water partition coefficient (Wildman–Crippen LogP) is 4.61. The van der Waals surface area contributed by atoms with Crippen LogP contribution in [0.3, 0.4) is 0 Å². The van der Waals surface area contributed by atoms with Crippen molar-refractivity contribution in [2.24, 2.45) is 0 Å². The van der Waals surface area contributed by atoms with Gasteiger partial charge in [-0.2, -0.15) is 4.98 Å². The molecular weight excluding hydrogens is 362 g/mol. The number of nitrogens with zero attached hydrogens (tertiary/aromatic N) is 3. The summed E-state index contributed by atoms with van der Waals surface area (Å²) in [6.45, 7) is 4.91. The van der Waals surface area contributed by atoms with E-state index in [9.17, 15) is 10.1 Å². The number of hydrogen-bond acceptors (Lipinski definition) is 7. The normalized spacial score (nSPS) is 10.9. The highest BCUT2D eigenvalue weighted by atomic mass is 16.6. The van der Waals surface area contributed by atoms with Crippen molar-refractivity contribution in [3.8, 4) is 22.9 Å². The third-order valence-electron chi connectivity index (χ3n) is 3.74. The molecule has 0 spiro atoms. The van der Waals surface area contributed by atoms with Gasteiger partial charge in [0.2, 0.25) is 5.82 Å². The summed E-state index contributed by atoms with van der Waals surface area (Å²) in [5.41, 5.74) is 1.36. The third kappa shape index (κ3) is 4.53. The van der Waals surface area contributed by atoms with Crippen molar-refractivity contribution in [2.45, 2.75) is 13.8 Å². The van der Waals surface area contributed by atoms with Crippen LogP contribution in [0.1, 0.15) is 25.3 Å². The molecular formula is C20H19N3O5. The lowest BCUT2D eigenvalue weighted by Gasteiger charge is -2.11. The van der Waals surface area contributed by atoms with Crippen LogP contribution in [0, 0.1) is 10.1 Å². The number of hydrogen-bond donors (Lipinski definition) is 0. The minimum Gasteiger partial charge on any atom is -0.490 e. The van der Waals surface area contributed by atoms with Crippen molar-refractivity contribution in [2.75, 3.05) is 13.2 Å². The van der Waals surface area contributed by atoms with Crippen LogP contribution in [-0.4, -0.2) is 28.3 Å². The van der Waals surface area contributed by atoms with Crippen LogP contribution < -0.4 is 9.47 Å². The Balaban J connectivity index is 1.79. The molecule has 3 rings (SSSR count). The Morgan fingerprint density at radius 3 is 2.61 bits per heavy atom. The summed E-state index contributed by atoms with van der Waals surface area (Å²) in [6, 6.07) is 11.7. The van der Waals surface area contributed by atoms with E-state index in [0.717, 1.165) is 5.56 Å². The first-order valence-electron chi connectivity index (χ1n) is 8.77. The Hall–Kier alpha value is -3.68. The molecule has 0 amide bonds. The van der Waals surface area contributed by atoms with Crippen LogP contribution in [0.2, 0.25) is 0 Å². The molecule has 0 atom stereocenters. The third-order valence-corrected chi connectivity index (χ3v) is 3.74. The second kappa shape index (κ2) is 8.81. The predicted molar refractivity (Wildman–Crippen MR) is 104 cm³/mol. The SMILES string of the molecule is CCOc1ccc(/C=C/c2nc(-c3cccc([N+](=O)[O-])c3)no2)cc1OCC. The highest BCUT2D eigenvalue weighted by Gasteiger charge is 2.11. The minimum atomic E-state index is -0.466. The number of ether oxygens (including phenoxy) is 2. The number of nitro groups is 1. The molecule has 0 aliphatic heterocycles. The molecule has 3 aromatic rings. The van der Waals surface area contributed by atoms with Crippen molar-refractivity contribution in [1.29, 1.82) is 0 Å². The molecule has 8 heteroatoms. The molecule has 28 heavy (non-hydrogen) atoms. The number of non-ortho nitro benzene ring substituents is 1. The van der Waals surface area contributed by atoms with Crippen LogP contribution in [0.25, 0.3) is 23.5 Å². The number of aromatic nitrogens is 2. The Bertz CT molecular complexity index is 997. The number of benzene rings is 2. The van der Waals surface area contributed by atoms with Crippen molar-refractivity contribution < 1.29 is 18.9 Å². The van der Waals surface area contributed by atoms with Crippen LogP contribution in [0.4, 0.5) is 5.69 Å². The lowest BCUT2D eigenvalue weighted by molar-refractivity contribution is -0.384. The van der Waals surface area contributed by atoms with Gasteiger partial charge in [0.15, 0.2) is 11.5 Å². The van der Waals surface area contributed by atoms with Gasteiger partial charge in [-0.15, -0.1) is 0 Å². The van der Waals surface area contributed by atoms with E-state index in [1.165, 1.54) is 12.1 Å². The smallest absolute Gasteiger partial charge is 0.270 e. The molecule has 0 bridgehead atoms. The minimum absolute atomic E-state index is 0.0303. The topological polar surface area (TPSA) is 101 Å². The van der Waals surface area contributed by atoms with E-state index in [2.05, 4.69) is 10.1 Å². The lowest BCUT2D eigenvalue weighted by atomic mass is 10.2. The molecule has 0 radical (unpaired) electrons. The largest absolute Gasteiger partial charge is 0.490 e. The number of rotatable bonds is 8. The first kappa shape index (κ1) is 19.1. The summed E-state index contributed by atoms with van der Waals surface area (Å²) in [6.07, 6.45) is 3.47. The van der Waals surface area contributed by atoms with Gasteiger partial charge in [-0.3, -0.25) is 10.1 Å². The molecule has 8 nitrogen and oxygen atoms in total. The fraction of sp³-hybridized carbons (Fsp3) is 0.200. The van der Waals surface area contributed by atoms with E-state index < -0.39 is 4.92 Å². The molecule has 1 aromatic heterocycles. The standard InChI is InChI=1S/C20H19N3O5/c1-3-26-17-10-8-14(12-18(17)27-4-2)9-11-19-21-20(22-28-19)15-6-5-7-16(13-15)23(24)25/h5-13H,3-4H2,1-2H3/b11-9+. The monoisotopic (exact) mass is 381 g/mol. The molecule has 0 aliphatic rings. The van der Waals surface area contributed by atoms with E-state index in [1.807, 2.05) is 38.1 Å². The first-order valence-corrected chi connectivity index (χ1v) is 8.77. The highest BCUT2D eigenvalue weighted by molar-refractivity contribution is 5.69. The van der Waals surface area contributed by atoms with Gasteiger partial charge in [0.05, 0.1) is 18.1 Å². The number of nitro benzene ring substituents is 1. The Morgan fingerprint density at radius 2 is 1.86 bits per heavy atom. The second-order valence-corrected chi connectivity index (χ2v) is 5.67. The summed E-state index contributed by atoms with van der Waals surface area (Å²) in [5, 5.41) is 14.8. The van der Waals surface area contributed by atoms with Crippen LogP contribution in [-0.2, 0) is 0 Å². The van der Waals surface area contributed by atoms with Crippen molar-refractivity contribution in [3.63, 3.8) is 0 Å². The van der Waals surface area contributed by atoms with Gasteiger partial charge in [0, 0.05) is 23.8 Å². The average Bonchev–Trinajstić information content (AvgIpc) is 3.18. The van der Waals surface area contributed by atoms with E-state index in [-0.39, 0.29) is 17.4 Å². The summed E-state index contributed by atoms with van der Waals surface area (Å²) in [7, 11) is 0. The van der Waals surface area contributed by atoms with Gasteiger partial charge >= 0.3 is 0 Å². The maximum atomic E-state index is 10.9. The Morgan fingerprint density at radius 1 is 1.07 bits per heavy atom. The lowest BCUT2D eigenvalue weighted by Crippen LogP contribution is -1.98.